The molecule has 0 atom stereocenters. The zero-order valence-corrected chi connectivity index (χ0v) is 13.0. The third kappa shape index (κ3) is 3.35. The second kappa shape index (κ2) is 6.71. The Labute approximate surface area is 118 Å². The first-order chi connectivity index (χ1) is 8.72. The van der Waals surface area contributed by atoms with E-state index in [0.717, 1.165) is 34.8 Å². The molecule has 0 saturated heterocycles. The van der Waals surface area contributed by atoms with E-state index in [0.29, 0.717) is 6.61 Å². The van der Waals surface area contributed by atoms with E-state index >= 15 is 0 Å². The summed E-state index contributed by atoms with van der Waals surface area (Å²) in [6, 6.07) is 0. The van der Waals surface area contributed by atoms with Gasteiger partial charge in [0.2, 0.25) is 0 Å². The summed E-state index contributed by atoms with van der Waals surface area (Å²) in [7, 11) is 1.99. The summed E-state index contributed by atoms with van der Waals surface area (Å²) >= 11 is 3.63. The molecule has 102 valence electrons. The highest BCUT2D eigenvalue weighted by molar-refractivity contribution is 9.10. The average molecular weight is 315 g/mol. The number of nitrogens with zero attached hydrogens (tertiary/aromatic N) is 2. The van der Waals surface area contributed by atoms with Crippen molar-refractivity contribution in [1.82, 2.24) is 9.78 Å². The van der Waals surface area contributed by atoms with Gasteiger partial charge in [-0.1, -0.05) is 26.2 Å². The maximum atomic E-state index is 5.89. The van der Waals surface area contributed by atoms with E-state index in [1.807, 2.05) is 11.7 Å². The largest absolute Gasteiger partial charge is 0.375 e. The molecule has 0 N–H and O–H groups in total. The van der Waals surface area contributed by atoms with Crippen LogP contribution in [0.25, 0.3) is 0 Å². The Morgan fingerprint density at radius 3 is 2.67 bits per heavy atom. The highest BCUT2D eigenvalue weighted by atomic mass is 79.9. The molecule has 1 saturated carbocycles. The van der Waals surface area contributed by atoms with Crippen LogP contribution in [0.15, 0.2) is 4.47 Å². The van der Waals surface area contributed by atoms with E-state index in [-0.39, 0.29) is 0 Å². The first kappa shape index (κ1) is 14.1. The van der Waals surface area contributed by atoms with Crippen LogP contribution in [-0.4, -0.2) is 16.4 Å². The van der Waals surface area contributed by atoms with Gasteiger partial charge in [-0.3, -0.25) is 4.68 Å². The molecule has 3 nitrogen and oxygen atoms in total. The fourth-order valence-corrected chi connectivity index (χ4v) is 3.38. The van der Waals surface area contributed by atoms with Crippen LogP contribution >= 0.6 is 15.9 Å². The molecular weight excluding hydrogens is 292 g/mol. The molecular formula is C14H23BrN2O. The van der Waals surface area contributed by atoms with Crippen LogP contribution in [0, 0.1) is 5.92 Å². The summed E-state index contributed by atoms with van der Waals surface area (Å²) in [5.41, 5.74) is 2.27. The second-order valence-corrected chi connectivity index (χ2v) is 6.00. The van der Waals surface area contributed by atoms with Crippen molar-refractivity contribution >= 4 is 15.9 Å². The molecule has 1 fully saturated rings. The molecule has 0 bridgehead atoms. The van der Waals surface area contributed by atoms with E-state index in [9.17, 15) is 0 Å². The van der Waals surface area contributed by atoms with E-state index in [2.05, 4.69) is 28.0 Å². The van der Waals surface area contributed by atoms with E-state index in [4.69, 9.17) is 4.74 Å². The van der Waals surface area contributed by atoms with Gasteiger partial charge in [0.05, 0.1) is 22.5 Å². The Balaban J connectivity index is 1.84. The van der Waals surface area contributed by atoms with Crippen molar-refractivity contribution in [1.29, 1.82) is 0 Å². The van der Waals surface area contributed by atoms with Gasteiger partial charge < -0.3 is 4.74 Å². The summed E-state index contributed by atoms with van der Waals surface area (Å²) in [5.74, 6) is 0.774. The smallest absolute Gasteiger partial charge is 0.0896 e. The van der Waals surface area contributed by atoms with E-state index in [1.54, 1.807) is 0 Å². The zero-order valence-electron chi connectivity index (χ0n) is 11.4. The lowest BCUT2D eigenvalue weighted by Gasteiger charge is -2.21. The second-order valence-electron chi connectivity index (χ2n) is 5.20. The van der Waals surface area contributed by atoms with E-state index < -0.39 is 0 Å². The molecule has 1 heterocycles. The molecule has 2 rings (SSSR count). The van der Waals surface area contributed by atoms with Crippen LogP contribution in [-0.2, 0) is 24.8 Å². The Morgan fingerprint density at radius 2 is 2.06 bits per heavy atom. The molecule has 18 heavy (non-hydrogen) atoms. The predicted molar refractivity (Wildman–Crippen MR) is 76.5 cm³/mol. The Morgan fingerprint density at radius 1 is 1.33 bits per heavy atom. The number of aryl methyl sites for hydroxylation is 2. The minimum Gasteiger partial charge on any atom is -0.375 e. The first-order valence-corrected chi connectivity index (χ1v) is 7.79. The molecule has 0 spiro atoms. The number of hydrogen-bond donors (Lipinski definition) is 0. The molecule has 0 amide bonds. The molecule has 1 aromatic rings. The van der Waals surface area contributed by atoms with Crippen LogP contribution in [0.2, 0.25) is 0 Å². The van der Waals surface area contributed by atoms with Gasteiger partial charge in [-0.15, -0.1) is 0 Å². The van der Waals surface area contributed by atoms with Crippen molar-refractivity contribution in [2.24, 2.45) is 13.0 Å². The Bertz CT molecular complexity index is 383. The van der Waals surface area contributed by atoms with Crippen molar-refractivity contribution < 1.29 is 4.74 Å². The predicted octanol–water partition coefficient (Wildman–Crippen LogP) is 3.84. The van der Waals surface area contributed by atoms with Crippen molar-refractivity contribution in [3.63, 3.8) is 0 Å². The maximum Gasteiger partial charge on any atom is 0.0896 e. The van der Waals surface area contributed by atoms with Gasteiger partial charge in [-0.05, 0) is 41.1 Å². The molecule has 0 aliphatic heterocycles. The fourth-order valence-electron chi connectivity index (χ4n) is 2.65. The lowest BCUT2D eigenvalue weighted by atomic mass is 9.90. The molecule has 1 aromatic heterocycles. The van der Waals surface area contributed by atoms with Crippen molar-refractivity contribution in [2.45, 2.75) is 52.1 Å². The van der Waals surface area contributed by atoms with Crippen LogP contribution < -0.4 is 0 Å². The first-order valence-electron chi connectivity index (χ1n) is 7.00. The summed E-state index contributed by atoms with van der Waals surface area (Å²) in [4.78, 5) is 0. The standard InChI is InChI=1S/C14H23BrN2O/c1-3-12-14(15)13(17(2)16-12)10-18-9-11-7-5-4-6-8-11/h11H,3-10H2,1-2H3. The summed E-state index contributed by atoms with van der Waals surface area (Å²) in [5, 5.41) is 4.48. The molecule has 0 unspecified atom stereocenters. The van der Waals surface area contributed by atoms with E-state index in [1.165, 1.54) is 32.1 Å². The van der Waals surface area contributed by atoms with Gasteiger partial charge in [0.15, 0.2) is 0 Å². The van der Waals surface area contributed by atoms with Crippen molar-refractivity contribution in [3.8, 4) is 0 Å². The Hall–Kier alpha value is -0.350. The SMILES string of the molecule is CCc1nn(C)c(COCC2CCCCC2)c1Br. The van der Waals surface area contributed by atoms with Crippen LogP contribution in [0.5, 0.6) is 0 Å². The number of hydrogen-bond acceptors (Lipinski definition) is 2. The number of halogens is 1. The van der Waals surface area contributed by atoms with Crippen LogP contribution in [0.3, 0.4) is 0 Å². The highest BCUT2D eigenvalue weighted by Gasteiger charge is 2.16. The van der Waals surface area contributed by atoms with Crippen LogP contribution in [0.1, 0.15) is 50.4 Å². The normalized spacial score (nSPS) is 17.3. The molecule has 1 aliphatic rings. The molecule has 1 aliphatic carbocycles. The summed E-state index contributed by atoms with van der Waals surface area (Å²) in [6.45, 7) is 3.69. The topological polar surface area (TPSA) is 27.1 Å². The fraction of sp³-hybridized carbons (Fsp3) is 0.786. The van der Waals surface area contributed by atoms with Gasteiger partial charge in [0.1, 0.15) is 0 Å². The third-order valence-electron chi connectivity index (χ3n) is 3.82. The summed E-state index contributed by atoms with van der Waals surface area (Å²) < 4.78 is 8.94. The number of aromatic nitrogens is 2. The molecule has 0 radical (unpaired) electrons. The zero-order chi connectivity index (χ0) is 13.0. The van der Waals surface area contributed by atoms with Gasteiger partial charge in [-0.25, -0.2) is 0 Å². The summed E-state index contributed by atoms with van der Waals surface area (Å²) in [6.07, 6.45) is 7.80. The van der Waals surface area contributed by atoms with Crippen molar-refractivity contribution in [3.05, 3.63) is 15.9 Å². The number of rotatable bonds is 5. The molecule has 0 aromatic carbocycles. The molecule has 4 heteroatoms. The monoisotopic (exact) mass is 314 g/mol. The average Bonchev–Trinajstić information content (AvgIpc) is 2.67. The Kier molecular flexibility index (Phi) is 5.25. The lowest BCUT2D eigenvalue weighted by molar-refractivity contribution is 0.0699. The van der Waals surface area contributed by atoms with Gasteiger partial charge >= 0.3 is 0 Å². The van der Waals surface area contributed by atoms with Gasteiger partial charge in [0, 0.05) is 13.7 Å². The maximum absolute atomic E-state index is 5.89. The van der Waals surface area contributed by atoms with Gasteiger partial charge in [0.25, 0.3) is 0 Å². The lowest BCUT2D eigenvalue weighted by Crippen LogP contribution is -2.14. The highest BCUT2D eigenvalue weighted by Crippen LogP contribution is 2.25. The van der Waals surface area contributed by atoms with Crippen molar-refractivity contribution in [2.75, 3.05) is 6.61 Å². The third-order valence-corrected chi connectivity index (χ3v) is 4.74. The van der Waals surface area contributed by atoms with Crippen LogP contribution in [0.4, 0.5) is 0 Å². The van der Waals surface area contributed by atoms with Gasteiger partial charge in [-0.2, -0.15) is 5.10 Å². The minimum absolute atomic E-state index is 0.667. The minimum atomic E-state index is 0.667. The quantitative estimate of drug-likeness (QED) is 0.825. The number of ether oxygens (including phenoxy) is 1.